The van der Waals surface area contributed by atoms with Crippen molar-refractivity contribution in [3.8, 4) is 11.5 Å². The number of aromatic hydroxyl groups is 1. The molecule has 26 heavy (non-hydrogen) atoms. The molecule has 3 aromatic rings. The largest absolute Gasteiger partial charge is 0.550 e. The maximum absolute atomic E-state index is 11.2. The lowest BCUT2D eigenvalue weighted by Gasteiger charge is -2.10. The summed E-state index contributed by atoms with van der Waals surface area (Å²) in [6.07, 6.45) is 1.38. The van der Waals surface area contributed by atoms with E-state index >= 15 is 0 Å². The quantitative estimate of drug-likeness (QED) is 0.695. The highest BCUT2D eigenvalue weighted by molar-refractivity contribution is 7.19. The number of carboxylic acids is 1. The van der Waals surface area contributed by atoms with Crippen LogP contribution in [0.3, 0.4) is 0 Å². The van der Waals surface area contributed by atoms with Crippen LogP contribution >= 0.6 is 22.9 Å². The van der Waals surface area contributed by atoms with E-state index in [9.17, 15) is 15.0 Å². The Bertz CT molecular complexity index is 963. The molecule has 0 amide bonds. The molecule has 0 radical (unpaired) electrons. The highest BCUT2D eigenvalue weighted by atomic mass is 35.5. The van der Waals surface area contributed by atoms with Crippen LogP contribution < -0.4 is 9.84 Å². The maximum Gasteiger partial charge on any atom is 0.176 e. The van der Waals surface area contributed by atoms with Gasteiger partial charge in [-0.05, 0) is 48.4 Å². The van der Waals surface area contributed by atoms with Gasteiger partial charge in [0, 0.05) is 12.4 Å². The predicted molar refractivity (Wildman–Crippen MR) is 101 cm³/mol. The molecule has 134 valence electrons. The van der Waals surface area contributed by atoms with Crippen molar-refractivity contribution in [1.29, 1.82) is 0 Å². The number of carbonyl (C=O) groups is 1. The molecule has 0 saturated carbocycles. The molecule has 0 aliphatic rings. The zero-order chi connectivity index (χ0) is 18.7. The first-order valence-corrected chi connectivity index (χ1v) is 9.09. The average Bonchev–Trinajstić information content (AvgIpc) is 3.02. The topological polar surface area (TPSA) is 82.5 Å². The number of rotatable bonds is 6. The number of fused-ring (bicyclic) bond motifs is 1. The van der Waals surface area contributed by atoms with Gasteiger partial charge in [-0.2, -0.15) is 0 Å². The molecule has 0 bridgehead atoms. The van der Waals surface area contributed by atoms with Gasteiger partial charge in [-0.25, -0.2) is 4.98 Å². The minimum Gasteiger partial charge on any atom is -0.550 e. The van der Waals surface area contributed by atoms with Gasteiger partial charge in [-0.15, -0.1) is 11.3 Å². The third kappa shape index (κ3) is 3.98. The SMILES string of the molecule is CCOc1cc(/C=C(\CC(=O)[O-])c2nc3ccccc3s2)cc(Cl)c1O. The lowest BCUT2D eigenvalue weighted by molar-refractivity contribution is -0.304. The van der Waals surface area contributed by atoms with Crippen LogP contribution in [0.1, 0.15) is 23.9 Å². The van der Waals surface area contributed by atoms with Crippen LogP contribution in [0.5, 0.6) is 11.5 Å². The minimum atomic E-state index is -1.20. The molecule has 1 aromatic heterocycles. The zero-order valence-corrected chi connectivity index (χ0v) is 15.4. The van der Waals surface area contributed by atoms with Crippen LogP contribution in [0.15, 0.2) is 36.4 Å². The molecule has 0 unspecified atom stereocenters. The van der Waals surface area contributed by atoms with E-state index in [4.69, 9.17) is 16.3 Å². The van der Waals surface area contributed by atoms with Crippen molar-refractivity contribution < 1.29 is 19.7 Å². The number of halogens is 1. The number of hydrogen-bond acceptors (Lipinski definition) is 6. The average molecular weight is 389 g/mol. The number of benzene rings is 2. The van der Waals surface area contributed by atoms with Gasteiger partial charge in [0.1, 0.15) is 5.01 Å². The zero-order valence-electron chi connectivity index (χ0n) is 13.9. The van der Waals surface area contributed by atoms with Crippen LogP contribution in [0.25, 0.3) is 21.9 Å². The highest BCUT2D eigenvalue weighted by Crippen LogP contribution is 2.37. The van der Waals surface area contributed by atoms with Crippen LogP contribution in [0, 0.1) is 0 Å². The number of aliphatic carboxylic acids is 1. The molecule has 1 heterocycles. The van der Waals surface area contributed by atoms with Crippen molar-refractivity contribution in [2.75, 3.05) is 6.61 Å². The second kappa shape index (κ2) is 7.76. The molecule has 2 aromatic carbocycles. The fourth-order valence-corrected chi connectivity index (χ4v) is 3.70. The van der Waals surface area contributed by atoms with Crippen molar-refractivity contribution in [2.24, 2.45) is 0 Å². The summed E-state index contributed by atoms with van der Waals surface area (Å²) in [7, 11) is 0. The van der Waals surface area contributed by atoms with Gasteiger partial charge < -0.3 is 19.7 Å². The van der Waals surface area contributed by atoms with Crippen molar-refractivity contribution >= 4 is 50.8 Å². The first-order valence-electron chi connectivity index (χ1n) is 7.89. The Morgan fingerprint density at radius 2 is 2.15 bits per heavy atom. The van der Waals surface area contributed by atoms with Crippen molar-refractivity contribution in [3.05, 3.63) is 52.0 Å². The molecular formula is C19H15ClNO4S-. The fraction of sp³-hybridized carbons (Fsp3) is 0.158. The summed E-state index contributed by atoms with van der Waals surface area (Å²) in [4.78, 5) is 15.7. The van der Waals surface area contributed by atoms with Crippen LogP contribution in [-0.4, -0.2) is 22.7 Å². The number of thiazole rings is 1. The van der Waals surface area contributed by atoms with Crippen LogP contribution in [-0.2, 0) is 4.79 Å². The van der Waals surface area contributed by atoms with E-state index in [1.807, 2.05) is 24.3 Å². The first kappa shape index (κ1) is 18.2. The van der Waals surface area contributed by atoms with E-state index in [2.05, 4.69) is 4.98 Å². The number of aromatic nitrogens is 1. The summed E-state index contributed by atoms with van der Waals surface area (Å²) in [6.45, 7) is 2.15. The van der Waals surface area contributed by atoms with Crippen molar-refractivity contribution in [2.45, 2.75) is 13.3 Å². The fourth-order valence-electron chi connectivity index (χ4n) is 2.50. The summed E-state index contributed by atoms with van der Waals surface area (Å²) < 4.78 is 6.33. The lowest BCUT2D eigenvalue weighted by atomic mass is 10.1. The van der Waals surface area contributed by atoms with Gasteiger partial charge in [0.15, 0.2) is 11.5 Å². The van der Waals surface area contributed by atoms with Crippen LogP contribution in [0.4, 0.5) is 0 Å². The Labute approximate surface area is 159 Å². The summed E-state index contributed by atoms with van der Waals surface area (Å²) >= 11 is 7.46. The highest BCUT2D eigenvalue weighted by Gasteiger charge is 2.12. The molecule has 0 aliphatic heterocycles. The Morgan fingerprint density at radius 1 is 1.38 bits per heavy atom. The number of phenols is 1. The van der Waals surface area contributed by atoms with E-state index < -0.39 is 5.97 Å². The predicted octanol–water partition coefficient (Wildman–Crippen LogP) is 3.73. The molecule has 7 heteroatoms. The summed E-state index contributed by atoms with van der Waals surface area (Å²) in [5, 5.41) is 21.9. The molecule has 1 N–H and O–H groups in total. The molecule has 5 nitrogen and oxygen atoms in total. The summed E-state index contributed by atoms with van der Waals surface area (Å²) in [6, 6.07) is 10.7. The molecule has 0 atom stereocenters. The number of carboxylic acid groups (broad SMARTS) is 1. The molecule has 0 saturated heterocycles. The number of hydrogen-bond donors (Lipinski definition) is 1. The summed E-state index contributed by atoms with van der Waals surface area (Å²) in [5.41, 5.74) is 1.90. The minimum absolute atomic E-state index is 0.124. The van der Waals surface area contributed by atoms with E-state index in [-0.39, 0.29) is 22.9 Å². The van der Waals surface area contributed by atoms with E-state index in [1.54, 1.807) is 25.1 Å². The first-order chi connectivity index (χ1) is 12.5. The van der Waals surface area contributed by atoms with Crippen molar-refractivity contribution in [3.63, 3.8) is 0 Å². The number of carbonyl (C=O) groups excluding carboxylic acids is 1. The Morgan fingerprint density at radius 3 is 2.85 bits per heavy atom. The molecule has 0 aliphatic carbocycles. The third-order valence-electron chi connectivity index (χ3n) is 3.59. The standard InChI is InChI=1S/C19H16ClNO4S/c1-2-25-15-9-11(8-13(20)18(15)24)7-12(10-17(22)23)19-21-14-5-3-4-6-16(14)26-19/h3-9,24H,2,10H2,1H3,(H,22,23)/p-1/b12-7+. The Balaban J connectivity index is 2.09. The monoisotopic (exact) mass is 388 g/mol. The number of phenolic OH excluding ortho intramolecular Hbond substituents is 1. The van der Waals surface area contributed by atoms with Gasteiger partial charge in [-0.1, -0.05) is 23.7 Å². The van der Waals surface area contributed by atoms with Crippen molar-refractivity contribution in [1.82, 2.24) is 4.98 Å². The van der Waals surface area contributed by atoms with Crippen LogP contribution in [0.2, 0.25) is 5.02 Å². The number of ether oxygens (including phenoxy) is 1. The van der Waals surface area contributed by atoms with Gasteiger partial charge >= 0.3 is 0 Å². The molecule has 3 rings (SSSR count). The van der Waals surface area contributed by atoms with E-state index in [0.717, 1.165) is 10.2 Å². The smallest absolute Gasteiger partial charge is 0.176 e. The Hall–Kier alpha value is -2.57. The summed E-state index contributed by atoms with van der Waals surface area (Å²) in [5.74, 6) is -1.11. The van der Waals surface area contributed by atoms with E-state index in [0.29, 0.717) is 22.8 Å². The number of nitrogens with zero attached hydrogens (tertiary/aromatic N) is 1. The second-order valence-corrected chi connectivity index (χ2v) is 6.93. The molecule has 0 fully saturated rings. The van der Waals surface area contributed by atoms with E-state index in [1.165, 1.54) is 11.3 Å². The third-order valence-corrected chi connectivity index (χ3v) is 4.99. The number of para-hydroxylation sites is 1. The molecular weight excluding hydrogens is 374 g/mol. The maximum atomic E-state index is 11.2. The normalized spacial score (nSPS) is 11.7. The second-order valence-electron chi connectivity index (χ2n) is 5.49. The van der Waals surface area contributed by atoms with Gasteiger partial charge in [0.2, 0.25) is 0 Å². The van der Waals surface area contributed by atoms with Gasteiger partial charge in [0.05, 0.1) is 21.8 Å². The van der Waals surface area contributed by atoms with Gasteiger partial charge in [-0.3, -0.25) is 0 Å². The molecule has 0 spiro atoms. The lowest BCUT2D eigenvalue weighted by Crippen LogP contribution is -2.22. The Kier molecular flexibility index (Phi) is 5.44. The van der Waals surface area contributed by atoms with Gasteiger partial charge in [0.25, 0.3) is 0 Å².